The number of hydrogen-bond acceptors (Lipinski definition) is 9. The summed E-state index contributed by atoms with van der Waals surface area (Å²) in [6.07, 6.45) is 6.07. The van der Waals surface area contributed by atoms with Crippen molar-refractivity contribution >= 4 is 51.3 Å². The Morgan fingerprint density at radius 2 is 2.00 bits per heavy atom. The van der Waals surface area contributed by atoms with Crippen molar-refractivity contribution in [2.24, 2.45) is 0 Å². The number of nitrogens with one attached hydrogen (secondary N) is 2. The van der Waals surface area contributed by atoms with E-state index in [1.807, 2.05) is 25.1 Å². The molecule has 0 aliphatic carbocycles. The highest BCUT2D eigenvalue weighted by Gasteiger charge is 2.30. The molecule has 1 saturated heterocycles. The number of carbonyl (C=O) groups is 1. The lowest BCUT2D eigenvalue weighted by Crippen LogP contribution is -2.56. The van der Waals surface area contributed by atoms with Crippen molar-refractivity contribution in [2.75, 3.05) is 30.3 Å². The van der Waals surface area contributed by atoms with Crippen LogP contribution >= 0.6 is 11.6 Å². The number of ether oxygens (including phenoxy) is 2. The molecule has 0 bridgehead atoms. The van der Waals surface area contributed by atoms with Gasteiger partial charge in [-0.2, -0.15) is 5.10 Å². The summed E-state index contributed by atoms with van der Waals surface area (Å²) in [7, 11) is 0. The number of carbonyl (C=O) groups excluding carboxylic acids is 1. The van der Waals surface area contributed by atoms with Crippen LogP contribution in [0.5, 0.6) is 17.2 Å². The number of anilines is 3. The highest BCUT2D eigenvalue weighted by Crippen LogP contribution is 2.36. The summed E-state index contributed by atoms with van der Waals surface area (Å²) in [4.78, 5) is 26.7. The molecule has 6 rings (SSSR count). The maximum Gasteiger partial charge on any atom is 0.246 e. The first-order valence-corrected chi connectivity index (χ1v) is 13.0. The molecule has 0 atom stereocenters. The lowest BCUT2D eigenvalue weighted by molar-refractivity contribution is -0.129. The lowest BCUT2D eigenvalue weighted by Gasteiger charge is -2.39. The molecule has 0 spiro atoms. The van der Waals surface area contributed by atoms with E-state index in [2.05, 4.69) is 37.3 Å². The van der Waals surface area contributed by atoms with Crippen LogP contribution in [0, 0.1) is 0 Å². The number of rotatable bonds is 9. The van der Waals surface area contributed by atoms with Crippen LogP contribution in [0.1, 0.15) is 6.92 Å². The van der Waals surface area contributed by atoms with Crippen molar-refractivity contribution in [2.45, 2.75) is 13.0 Å². The van der Waals surface area contributed by atoms with Gasteiger partial charge >= 0.3 is 0 Å². The second-order valence-electron chi connectivity index (χ2n) is 9.11. The molecule has 1 aliphatic rings. The molecule has 1 amide bonds. The third-order valence-electron chi connectivity index (χ3n) is 6.44. The number of fused-ring (bicyclic) bond motifs is 2. The largest absolute Gasteiger partial charge is 0.492 e. The van der Waals surface area contributed by atoms with Crippen LogP contribution in [0.15, 0.2) is 74.0 Å². The Morgan fingerprint density at radius 3 is 2.80 bits per heavy atom. The Kier molecular flexibility index (Phi) is 6.79. The third-order valence-corrected chi connectivity index (χ3v) is 6.73. The van der Waals surface area contributed by atoms with Gasteiger partial charge in [0.2, 0.25) is 5.91 Å². The number of aromatic nitrogens is 5. The molecule has 1 aliphatic heterocycles. The molecule has 5 aromatic rings. The van der Waals surface area contributed by atoms with E-state index in [4.69, 9.17) is 21.1 Å². The van der Waals surface area contributed by atoms with Gasteiger partial charge in [0, 0.05) is 42.5 Å². The third kappa shape index (κ3) is 5.06. The average molecular weight is 557 g/mol. The standard InChI is InChI=1S/C28H25ClN8O3/c1-3-27(38)36-13-18(14-36)34-23-11-20-22(12-25(23)39-4-2)30-15-32-28(20)35-17-5-6-24(21(29)9-17)40-19-7-8-37-26(10-19)31-16-33-37/h3,5-12,15-16,18,34H,1,4,13-14H2,2H3,(H,30,32,35). The summed E-state index contributed by atoms with van der Waals surface area (Å²) in [5, 5.41) is 12.1. The molecular weight excluding hydrogens is 532 g/mol. The topological polar surface area (TPSA) is 119 Å². The van der Waals surface area contributed by atoms with Crippen molar-refractivity contribution in [1.82, 2.24) is 29.5 Å². The van der Waals surface area contributed by atoms with Crippen LogP contribution in [0.25, 0.3) is 16.6 Å². The molecule has 2 N–H and O–H groups in total. The molecule has 3 aromatic heterocycles. The van der Waals surface area contributed by atoms with Gasteiger partial charge in [-0.15, -0.1) is 0 Å². The van der Waals surface area contributed by atoms with Crippen molar-refractivity contribution in [1.29, 1.82) is 0 Å². The molecule has 12 heteroatoms. The Balaban J connectivity index is 1.23. The molecule has 0 unspecified atom stereocenters. The van der Waals surface area contributed by atoms with Crippen LogP contribution in [-0.2, 0) is 4.79 Å². The number of amides is 1. The van der Waals surface area contributed by atoms with Crippen LogP contribution < -0.4 is 20.1 Å². The Bertz CT molecular complexity index is 1730. The number of hydrogen-bond donors (Lipinski definition) is 2. The summed E-state index contributed by atoms with van der Waals surface area (Å²) in [5.74, 6) is 2.31. The summed E-state index contributed by atoms with van der Waals surface area (Å²) in [6, 6.07) is 12.9. The summed E-state index contributed by atoms with van der Waals surface area (Å²) in [5.41, 5.74) is 2.92. The van der Waals surface area contributed by atoms with Gasteiger partial charge in [0.25, 0.3) is 0 Å². The first-order chi connectivity index (χ1) is 19.5. The van der Waals surface area contributed by atoms with Gasteiger partial charge in [-0.3, -0.25) is 4.79 Å². The van der Waals surface area contributed by atoms with E-state index in [1.165, 1.54) is 18.7 Å². The fraction of sp³-hybridized carbons (Fsp3) is 0.179. The van der Waals surface area contributed by atoms with Crippen molar-refractivity contribution in [3.05, 3.63) is 79.0 Å². The molecule has 1 fully saturated rings. The van der Waals surface area contributed by atoms with Gasteiger partial charge in [-0.25, -0.2) is 19.5 Å². The smallest absolute Gasteiger partial charge is 0.246 e. The Labute approximate surface area is 234 Å². The number of benzene rings is 2. The van der Waals surface area contributed by atoms with Crippen LogP contribution in [-0.4, -0.2) is 61.1 Å². The van der Waals surface area contributed by atoms with E-state index in [0.29, 0.717) is 53.4 Å². The second-order valence-corrected chi connectivity index (χ2v) is 9.51. The second kappa shape index (κ2) is 10.7. The molecule has 40 heavy (non-hydrogen) atoms. The molecule has 4 heterocycles. The molecule has 0 radical (unpaired) electrons. The predicted octanol–water partition coefficient (Wildman–Crippen LogP) is 5.07. The molecular formula is C28H25ClN8O3. The number of pyridine rings is 1. The van der Waals surface area contributed by atoms with E-state index in [0.717, 1.165) is 22.3 Å². The van der Waals surface area contributed by atoms with Gasteiger partial charge in [0.05, 0.1) is 28.9 Å². The number of likely N-dealkylation sites (tertiary alicyclic amines) is 1. The van der Waals surface area contributed by atoms with Crippen molar-refractivity contribution in [3.63, 3.8) is 0 Å². The minimum absolute atomic E-state index is 0.0760. The van der Waals surface area contributed by atoms with E-state index in [9.17, 15) is 4.79 Å². The van der Waals surface area contributed by atoms with E-state index >= 15 is 0 Å². The highest BCUT2D eigenvalue weighted by atomic mass is 35.5. The van der Waals surface area contributed by atoms with Gasteiger partial charge in [-0.05, 0) is 43.3 Å². The monoisotopic (exact) mass is 556 g/mol. The van der Waals surface area contributed by atoms with E-state index < -0.39 is 0 Å². The zero-order valence-corrected chi connectivity index (χ0v) is 22.3. The van der Waals surface area contributed by atoms with Gasteiger partial charge in [0.15, 0.2) is 5.65 Å². The predicted molar refractivity (Wildman–Crippen MR) is 153 cm³/mol. The summed E-state index contributed by atoms with van der Waals surface area (Å²) in [6.45, 7) is 7.16. The number of halogens is 1. The first kappa shape index (κ1) is 25.4. The fourth-order valence-electron chi connectivity index (χ4n) is 4.46. The molecule has 2 aromatic carbocycles. The van der Waals surface area contributed by atoms with E-state index in [1.54, 1.807) is 39.9 Å². The van der Waals surface area contributed by atoms with Crippen LogP contribution in [0.4, 0.5) is 17.2 Å². The maximum absolute atomic E-state index is 11.8. The average Bonchev–Trinajstić information content (AvgIpc) is 3.40. The minimum atomic E-state index is -0.0760. The van der Waals surface area contributed by atoms with Crippen LogP contribution in [0.3, 0.4) is 0 Å². The van der Waals surface area contributed by atoms with E-state index in [-0.39, 0.29) is 11.9 Å². The quantitative estimate of drug-likeness (QED) is 0.240. The highest BCUT2D eigenvalue weighted by molar-refractivity contribution is 6.32. The van der Waals surface area contributed by atoms with Crippen molar-refractivity contribution in [3.8, 4) is 17.2 Å². The van der Waals surface area contributed by atoms with Gasteiger partial charge < -0.3 is 25.0 Å². The zero-order chi connectivity index (χ0) is 27.6. The fourth-order valence-corrected chi connectivity index (χ4v) is 4.67. The maximum atomic E-state index is 11.8. The van der Waals surface area contributed by atoms with Gasteiger partial charge in [0.1, 0.15) is 35.7 Å². The first-order valence-electron chi connectivity index (χ1n) is 12.6. The zero-order valence-electron chi connectivity index (χ0n) is 21.5. The van der Waals surface area contributed by atoms with Gasteiger partial charge in [-0.1, -0.05) is 18.2 Å². The molecule has 11 nitrogen and oxygen atoms in total. The van der Waals surface area contributed by atoms with Crippen LogP contribution in [0.2, 0.25) is 5.02 Å². The normalized spacial score (nSPS) is 13.2. The Hall–Kier alpha value is -4.90. The summed E-state index contributed by atoms with van der Waals surface area (Å²) >= 11 is 6.57. The molecule has 0 saturated carbocycles. The molecule has 202 valence electrons. The lowest BCUT2D eigenvalue weighted by atomic mass is 10.1. The Morgan fingerprint density at radius 1 is 1.12 bits per heavy atom. The number of nitrogens with zero attached hydrogens (tertiary/aromatic N) is 6. The minimum Gasteiger partial charge on any atom is -0.492 e. The van der Waals surface area contributed by atoms with Crippen molar-refractivity contribution < 1.29 is 14.3 Å². The SMILES string of the molecule is C=CC(=O)N1CC(Nc2cc3c(Nc4ccc(Oc5ccn6ncnc6c5)c(Cl)c4)ncnc3cc2OCC)C1. The summed E-state index contributed by atoms with van der Waals surface area (Å²) < 4.78 is 13.5.